The predicted octanol–water partition coefficient (Wildman–Crippen LogP) is 3.05. The number of nitrogens with zero attached hydrogens (tertiary/aromatic N) is 2. The summed E-state index contributed by atoms with van der Waals surface area (Å²) in [5.74, 6) is -0.665. The van der Waals surface area contributed by atoms with Crippen LogP contribution in [0.4, 0.5) is 11.4 Å². The number of nitrogens with one attached hydrogen (secondary N) is 2. The summed E-state index contributed by atoms with van der Waals surface area (Å²) in [6, 6.07) is 12.0. The molecule has 0 unspecified atom stereocenters. The molecule has 0 aliphatic rings. The molecule has 0 atom stereocenters. The molecule has 1 heterocycles. The first-order chi connectivity index (χ1) is 11.5. The van der Waals surface area contributed by atoms with Crippen molar-refractivity contribution in [2.24, 2.45) is 0 Å². The summed E-state index contributed by atoms with van der Waals surface area (Å²) in [5.41, 5.74) is 2.38. The summed E-state index contributed by atoms with van der Waals surface area (Å²) in [7, 11) is 0. The summed E-state index contributed by atoms with van der Waals surface area (Å²) in [5, 5.41) is 14.6. The maximum absolute atomic E-state index is 12.2. The van der Waals surface area contributed by atoms with Gasteiger partial charge in [0.15, 0.2) is 5.78 Å². The molecule has 0 aliphatic heterocycles. The highest BCUT2D eigenvalue weighted by atomic mass is 16.1. The van der Waals surface area contributed by atoms with E-state index in [-0.39, 0.29) is 11.4 Å². The van der Waals surface area contributed by atoms with E-state index >= 15 is 0 Å². The first-order valence-electron chi connectivity index (χ1n) is 7.21. The second-order valence-corrected chi connectivity index (χ2v) is 5.09. The molecule has 2 aromatic rings. The van der Waals surface area contributed by atoms with Crippen LogP contribution in [-0.4, -0.2) is 16.7 Å². The van der Waals surface area contributed by atoms with Crippen LogP contribution < -0.4 is 10.6 Å². The second-order valence-electron chi connectivity index (χ2n) is 5.09. The molecular weight excluding hydrogens is 304 g/mol. The Morgan fingerprint density at radius 3 is 2.62 bits per heavy atom. The van der Waals surface area contributed by atoms with E-state index in [1.807, 2.05) is 19.1 Å². The van der Waals surface area contributed by atoms with Crippen LogP contribution in [0, 0.1) is 18.3 Å². The highest BCUT2D eigenvalue weighted by molar-refractivity contribution is 6.07. The van der Waals surface area contributed by atoms with E-state index in [1.165, 1.54) is 13.1 Å². The van der Waals surface area contributed by atoms with Crippen LogP contribution in [0.15, 0.2) is 54.4 Å². The molecule has 0 fully saturated rings. The maximum Gasteiger partial charge on any atom is 0.267 e. The van der Waals surface area contributed by atoms with Gasteiger partial charge in [0.2, 0.25) is 0 Å². The molecule has 1 amide bonds. The minimum atomic E-state index is -0.564. The Bertz CT molecular complexity index is 833. The number of benzene rings is 1. The van der Waals surface area contributed by atoms with Crippen molar-refractivity contribution < 1.29 is 9.59 Å². The van der Waals surface area contributed by atoms with Crippen molar-refractivity contribution >= 4 is 23.1 Å². The number of nitriles is 1. The number of hydrogen-bond donors (Lipinski definition) is 2. The summed E-state index contributed by atoms with van der Waals surface area (Å²) >= 11 is 0. The van der Waals surface area contributed by atoms with Crippen molar-refractivity contribution in [3.8, 4) is 6.07 Å². The van der Waals surface area contributed by atoms with Gasteiger partial charge in [-0.2, -0.15) is 5.26 Å². The van der Waals surface area contributed by atoms with E-state index < -0.39 is 5.91 Å². The maximum atomic E-state index is 12.2. The number of amides is 1. The summed E-state index contributed by atoms with van der Waals surface area (Å²) in [6.07, 6.45) is 2.92. The molecule has 1 aromatic heterocycles. The fraction of sp³-hybridized carbons (Fsp3) is 0.111. The minimum Gasteiger partial charge on any atom is -0.359 e. The largest absolute Gasteiger partial charge is 0.359 e. The predicted molar refractivity (Wildman–Crippen MR) is 91.4 cm³/mol. The third kappa shape index (κ3) is 4.52. The van der Waals surface area contributed by atoms with Gasteiger partial charge in [-0.05, 0) is 38.1 Å². The SMILES string of the molecule is CC(=O)c1cccc(NC(=O)/C(C#N)=C\Nc2ccc(C)nc2)c1. The lowest BCUT2D eigenvalue weighted by molar-refractivity contribution is -0.112. The Morgan fingerprint density at radius 2 is 2.00 bits per heavy atom. The average Bonchev–Trinajstić information content (AvgIpc) is 2.57. The van der Waals surface area contributed by atoms with Crippen molar-refractivity contribution in [3.63, 3.8) is 0 Å². The van der Waals surface area contributed by atoms with Crippen molar-refractivity contribution in [1.82, 2.24) is 4.98 Å². The molecule has 0 radical (unpaired) electrons. The number of aromatic nitrogens is 1. The molecule has 0 saturated heterocycles. The third-order valence-corrected chi connectivity index (χ3v) is 3.19. The van der Waals surface area contributed by atoms with E-state index in [2.05, 4.69) is 15.6 Å². The minimum absolute atomic E-state index is 0.0937. The number of ketones is 1. The Balaban J connectivity index is 2.10. The van der Waals surface area contributed by atoms with Crippen molar-refractivity contribution in [2.75, 3.05) is 10.6 Å². The molecule has 0 aliphatic carbocycles. The first kappa shape index (κ1) is 16.9. The highest BCUT2D eigenvalue weighted by Gasteiger charge is 2.10. The zero-order chi connectivity index (χ0) is 17.5. The van der Waals surface area contributed by atoms with E-state index in [0.717, 1.165) is 5.69 Å². The van der Waals surface area contributed by atoms with E-state index in [9.17, 15) is 9.59 Å². The Labute approximate surface area is 139 Å². The van der Waals surface area contributed by atoms with Gasteiger partial charge in [0.25, 0.3) is 5.91 Å². The first-order valence-corrected chi connectivity index (χ1v) is 7.21. The van der Waals surface area contributed by atoms with Gasteiger partial charge in [0.05, 0.1) is 11.9 Å². The Morgan fingerprint density at radius 1 is 1.21 bits per heavy atom. The molecule has 6 heteroatoms. The topological polar surface area (TPSA) is 94.9 Å². The van der Waals surface area contributed by atoms with Gasteiger partial charge in [0, 0.05) is 23.1 Å². The van der Waals surface area contributed by atoms with Crippen LogP contribution in [0.25, 0.3) is 0 Å². The quantitative estimate of drug-likeness (QED) is 0.501. The fourth-order valence-corrected chi connectivity index (χ4v) is 1.87. The number of Topliss-reactive ketones (excluding diaryl/α,β-unsaturated/α-hetero) is 1. The number of anilines is 2. The Kier molecular flexibility index (Phi) is 5.42. The zero-order valence-electron chi connectivity index (χ0n) is 13.3. The fourth-order valence-electron chi connectivity index (χ4n) is 1.87. The summed E-state index contributed by atoms with van der Waals surface area (Å²) in [4.78, 5) is 27.6. The lowest BCUT2D eigenvalue weighted by Crippen LogP contribution is -2.14. The lowest BCUT2D eigenvalue weighted by atomic mass is 10.1. The normalized spacial score (nSPS) is 10.6. The smallest absolute Gasteiger partial charge is 0.267 e. The van der Waals surface area contributed by atoms with Crippen molar-refractivity contribution in [3.05, 3.63) is 65.6 Å². The number of hydrogen-bond acceptors (Lipinski definition) is 5. The number of pyridine rings is 1. The van der Waals surface area contributed by atoms with Gasteiger partial charge in [-0.25, -0.2) is 0 Å². The van der Waals surface area contributed by atoms with E-state index in [1.54, 1.807) is 36.5 Å². The number of carbonyl (C=O) groups is 2. The third-order valence-electron chi connectivity index (χ3n) is 3.19. The van der Waals surface area contributed by atoms with Crippen molar-refractivity contribution in [2.45, 2.75) is 13.8 Å². The number of aryl methyl sites for hydroxylation is 1. The van der Waals surface area contributed by atoms with Gasteiger partial charge in [-0.3, -0.25) is 14.6 Å². The Hall–Kier alpha value is -3.46. The van der Waals surface area contributed by atoms with Gasteiger partial charge in [-0.1, -0.05) is 12.1 Å². The number of carbonyl (C=O) groups excluding carboxylic acids is 2. The van der Waals surface area contributed by atoms with Gasteiger partial charge in [-0.15, -0.1) is 0 Å². The molecule has 24 heavy (non-hydrogen) atoms. The zero-order valence-corrected chi connectivity index (χ0v) is 13.3. The molecule has 6 nitrogen and oxygen atoms in total. The van der Waals surface area contributed by atoms with Gasteiger partial charge < -0.3 is 10.6 Å². The van der Waals surface area contributed by atoms with Gasteiger partial charge in [0.1, 0.15) is 11.6 Å². The van der Waals surface area contributed by atoms with E-state index in [4.69, 9.17) is 5.26 Å². The molecule has 120 valence electrons. The van der Waals surface area contributed by atoms with Crippen LogP contribution in [0.2, 0.25) is 0 Å². The highest BCUT2D eigenvalue weighted by Crippen LogP contribution is 2.13. The molecule has 0 bridgehead atoms. The standard InChI is InChI=1S/C18H16N4O2/c1-12-6-7-17(11-20-12)21-10-15(9-19)18(24)22-16-5-3-4-14(8-16)13(2)23/h3-8,10-11,21H,1-2H3,(H,22,24)/b15-10-. The van der Waals surface area contributed by atoms with Gasteiger partial charge >= 0.3 is 0 Å². The summed E-state index contributed by atoms with van der Waals surface area (Å²) in [6.45, 7) is 3.31. The van der Waals surface area contributed by atoms with Crippen LogP contribution in [-0.2, 0) is 4.79 Å². The second kappa shape index (κ2) is 7.70. The molecule has 1 aromatic carbocycles. The van der Waals surface area contributed by atoms with Crippen molar-refractivity contribution in [1.29, 1.82) is 5.26 Å². The lowest BCUT2D eigenvalue weighted by Gasteiger charge is -2.06. The average molecular weight is 320 g/mol. The summed E-state index contributed by atoms with van der Waals surface area (Å²) < 4.78 is 0. The van der Waals surface area contributed by atoms with E-state index in [0.29, 0.717) is 16.9 Å². The molecule has 0 saturated carbocycles. The molecule has 2 N–H and O–H groups in total. The molecule has 0 spiro atoms. The molecule has 2 rings (SSSR count). The van der Waals surface area contributed by atoms with Crippen LogP contribution >= 0.6 is 0 Å². The van der Waals surface area contributed by atoms with Crippen LogP contribution in [0.3, 0.4) is 0 Å². The van der Waals surface area contributed by atoms with Crippen LogP contribution in [0.1, 0.15) is 23.0 Å². The monoisotopic (exact) mass is 320 g/mol. The number of rotatable bonds is 5. The molecular formula is C18H16N4O2. The van der Waals surface area contributed by atoms with Crippen LogP contribution in [0.5, 0.6) is 0 Å².